The predicted octanol–water partition coefficient (Wildman–Crippen LogP) is 2.72. The SMILES string of the molecule is BC1(C(C)(C)C)CCN(C(C)(C)C)CC1. The molecule has 0 aromatic carbocycles. The molecule has 88 valence electrons. The van der Waals surface area contributed by atoms with Gasteiger partial charge in [0.15, 0.2) is 0 Å². The molecule has 1 saturated heterocycles. The fraction of sp³-hybridized carbons (Fsp3) is 1.00. The van der Waals surface area contributed by atoms with Crippen LogP contribution in [0.3, 0.4) is 0 Å². The molecule has 1 fully saturated rings. The summed E-state index contributed by atoms with van der Waals surface area (Å²) in [7, 11) is 2.47. The van der Waals surface area contributed by atoms with Crippen LogP contribution in [-0.2, 0) is 0 Å². The van der Waals surface area contributed by atoms with Crippen LogP contribution >= 0.6 is 0 Å². The highest BCUT2D eigenvalue weighted by Gasteiger charge is 2.41. The van der Waals surface area contributed by atoms with Gasteiger partial charge in [0.2, 0.25) is 0 Å². The first-order valence-corrected chi connectivity index (χ1v) is 6.31. The van der Waals surface area contributed by atoms with E-state index in [1.807, 2.05) is 0 Å². The Hall–Kier alpha value is 0.0249. The number of rotatable bonds is 0. The quantitative estimate of drug-likeness (QED) is 0.554. The zero-order valence-electron chi connectivity index (χ0n) is 11.8. The molecular weight excluding hydrogens is 181 g/mol. The molecule has 1 rings (SSSR count). The highest BCUT2D eigenvalue weighted by Crippen LogP contribution is 2.51. The second kappa shape index (κ2) is 3.80. The lowest BCUT2D eigenvalue weighted by molar-refractivity contribution is 0.0621. The van der Waals surface area contributed by atoms with Crippen molar-refractivity contribution in [2.45, 2.75) is 65.2 Å². The number of hydrogen-bond donors (Lipinski definition) is 0. The van der Waals surface area contributed by atoms with Gasteiger partial charge in [0.1, 0.15) is 7.85 Å². The van der Waals surface area contributed by atoms with Crippen LogP contribution in [0.15, 0.2) is 0 Å². The zero-order valence-corrected chi connectivity index (χ0v) is 11.8. The summed E-state index contributed by atoms with van der Waals surface area (Å²) in [5, 5.41) is 0.523. The minimum absolute atomic E-state index is 0.346. The van der Waals surface area contributed by atoms with Gasteiger partial charge in [0.05, 0.1) is 0 Å². The van der Waals surface area contributed by atoms with E-state index in [1.165, 1.54) is 25.9 Å². The lowest BCUT2D eigenvalue weighted by atomic mass is 9.50. The Kier molecular flexibility index (Phi) is 3.32. The zero-order chi connectivity index (χ0) is 11.9. The third-order valence-electron chi connectivity index (χ3n) is 4.63. The molecule has 0 radical (unpaired) electrons. The van der Waals surface area contributed by atoms with Crippen LogP contribution in [0, 0.1) is 5.41 Å². The van der Waals surface area contributed by atoms with Crippen LogP contribution < -0.4 is 0 Å². The fourth-order valence-electron chi connectivity index (χ4n) is 2.42. The Bertz CT molecular complexity index is 214. The van der Waals surface area contributed by atoms with Crippen molar-refractivity contribution >= 4 is 7.85 Å². The van der Waals surface area contributed by atoms with E-state index in [0.717, 1.165) is 0 Å². The number of hydrogen-bond acceptors (Lipinski definition) is 1. The molecule has 2 heteroatoms. The highest BCUT2D eigenvalue weighted by molar-refractivity contribution is 6.15. The van der Waals surface area contributed by atoms with Crippen LogP contribution in [-0.4, -0.2) is 31.4 Å². The van der Waals surface area contributed by atoms with Crippen molar-refractivity contribution in [3.8, 4) is 0 Å². The molecule has 1 aliphatic heterocycles. The van der Waals surface area contributed by atoms with Gasteiger partial charge in [-0.1, -0.05) is 26.1 Å². The third kappa shape index (κ3) is 2.78. The van der Waals surface area contributed by atoms with E-state index in [9.17, 15) is 0 Å². The average molecular weight is 209 g/mol. The Balaban J connectivity index is 2.64. The Morgan fingerprint density at radius 2 is 1.33 bits per heavy atom. The van der Waals surface area contributed by atoms with Crippen LogP contribution in [0.2, 0.25) is 5.31 Å². The lowest BCUT2D eigenvalue weighted by Gasteiger charge is -2.51. The monoisotopic (exact) mass is 209 g/mol. The Labute approximate surface area is 97.0 Å². The van der Waals surface area contributed by atoms with E-state index in [-0.39, 0.29) is 0 Å². The van der Waals surface area contributed by atoms with Crippen molar-refractivity contribution in [2.75, 3.05) is 13.1 Å². The largest absolute Gasteiger partial charge is 0.299 e. The Morgan fingerprint density at radius 1 is 0.933 bits per heavy atom. The first-order valence-electron chi connectivity index (χ1n) is 6.31. The van der Waals surface area contributed by atoms with E-state index >= 15 is 0 Å². The smallest absolute Gasteiger partial charge is 0.110 e. The molecule has 0 N–H and O–H groups in total. The molecule has 15 heavy (non-hydrogen) atoms. The Morgan fingerprint density at radius 3 is 1.60 bits per heavy atom. The summed E-state index contributed by atoms with van der Waals surface area (Å²) in [5.41, 5.74) is 0.788. The molecule has 0 saturated carbocycles. The fourth-order valence-corrected chi connectivity index (χ4v) is 2.42. The van der Waals surface area contributed by atoms with Gasteiger partial charge in [-0.15, -0.1) is 0 Å². The summed E-state index contributed by atoms with van der Waals surface area (Å²) in [6, 6.07) is 0. The van der Waals surface area contributed by atoms with E-state index in [0.29, 0.717) is 16.3 Å². The van der Waals surface area contributed by atoms with E-state index < -0.39 is 0 Å². The molecule has 1 aliphatic rings. The summed E-state index contributed by atoms with van der Waals surface area (Å²) < 4.78 is 0. The van der Waals surface area contributed by atoms with Crippen molar-refractivity contribution in [2.24, 2.45) is 5.41 Å². The van der Waals surface area contributed by atoms with Gasteiger partial charge in [-0.25, -0.2) is 0 Å². The van der Waals surface area contributed by atoms with E-state index in [4.69, 9.17) is 0 Å². The second-order valence-electron chi connectivity index (χ2n) is 7.47. The van der Waals surface area contributed by atoms with Crippen LogP contribution in [0.5, 0.6) is 0 Å². The molecule has 1 heterocycles. The number of likely N-dealkylation sites (tertiary alicyclic amines) is 1. The highest BCUT2D eigenvalue weighted by atomic mass is 15.2. The number of nitrogens with zero attached hydrogens (tertiary/aromatic N) is 1. The maximum Gasteiger partial charge on any atom is 0.110 e. The maximum absolute atomic E-state index is 2.63. The van der Waals surface area contributed by atoms with Crippen molar-refractivity contribution in [1.82, 2.24) is 4.90 Å². The third-order valence-corrected chi connectivity index (χ3v) is 4.63. The molecule has 0 bridgehead atoms. The van der Waals surface area contributed by atoms with Gasteiger partial charge >= 0.3 is 0 Å². The van der Waals surface area contributed by atoms with Gasteiger partial charge < -0.3 is 0 Å². The van der Waals surface area contributed by atoms with Crippen molar-refractivity contribution in [1.29, 1.82) is 0 Å². The van der Waals surface area contributed by atoms with Gasteiger partial charge in [0, 0.05) is 5.54 Å². The predicted molar refractivity (Wildman–Crippen MR) is 71.3 cm³/mol. The molecule has 0 aliphatic carbocycles. The first kappa shape index (κ1) is 13.1. The average Bonchev–Trinajstić information content (AvgIpc) is 2.01. The van der Waals surface area contributed by atoms with Crippen LogP contribution in [0.4, 0.5) is 0 Å². The molecule has 0 atom stereocenters. The van der Waals surface area contributed by atoms with Crippen molar-refractivity contribution < 1.29 is 0 Å². The van der Waals surface area contributed by atoms with Crippen LogP contribution in [0.1, 0.15) is 54.4 Å². The van der Waals surface area contributed by atoms with Crippen molar-refractivity contribution in [3.63, 3.8) is 0 Å². The summed E-state index contributed by atoms with van der Waals surface area (Å²) in [6.45, 7) is 16.7. The molecule has 0 aromatic heterocycles. The van der Waals surface area contributed by atoms with Crippen molar-refractivity contribution in [3.05, 3.63) is 0 Å². The molecule has 0 spiro atoms. The molecule has 0 aromatic rings. The topological polar surface area (TPSA) is 3.24 Å². The molecular formula is C13H28BN. The summed E-state index contributed by atoms with van der Waals surface area (Å²) in [5.74, 6) is 0. The van der Waals surface area contributed by atoms with Gasteiger partial charge in [-0.05, 0) is 52.1 Å². The minimum Gasteiger partial charge on any atom is -0.299 e. The van der Waals surface area contributed by atoms with Gasteiger partial charge in [-0.3, -0.25) is 4.90 Å². The second-order valence-corrected chi connectivity index (χ2v) is 7.47. The van der Waals surface area contributed by atoms with Gasteiger partial charge in [0.25, 0.3) is 0 Å². The molecule has 1 nitrogen and oxygen atoms in total. The summed E-state index contributed by atoms with van der Waals surface area (Å²) >= 11 is 0. The summed E-state index contributed by atoms with van der Waals surface area (Å²) in [4.78, 5) is 2.63. The van der Waals surface area contributed by atoms with E-state index in [1.54, 1.807) is 0 Å². The van der Waals surface area contributed by atoms with Gasteiger partial charge in [-0.2, -0.15) is 0 Å². The first-order chi connectivity index (χ1) is 6.56. The summed E-state index contributed by atoms with van der Waals surface area (Å²) in [6.07, 6.45) is 2.68. The number of piperidine rings is 1. The molecule has 0 amide bonds. The standard InChI is InChI=1S/C13H28BN/c1-11(2,3)13(14)7-9-15(10-8-13)12(4,5)6/h7-10,14H2,1-6H3. The van der Waals surface area contributed by atoms with Crippen LogP contribution in [0.25, 0.3) is 0 Å². The minimum atomic E-state index is 0.346. The van der Waals surface area contributed by atoms with E-state index in [2.05, 4.69) is 54.3 Å². The molecule has 0 unspecified atom stereocenters. The maximum atomic E-state index is 2.63. The lowest BCUT2D eigenvalue weighted by Crippen LogP contribution is -2.49. The normalized spacial score (nSPS) is 24.1.